The van der Waals surface area contributed by atoms with Crippen molar-refractivity contribution < 1.29 is 13.6 Å². The summed E-state index contributed by atoms with van der Waals surface area (Å²) in [5, 5.41) is 10.3. The van der Waals surface area contributed by atoms with Crippen LogP contribution in [0.3, 0.4) is 0 Å². The van der Waals surface area contributed by atoms with E-state index < -0.39 is 0 Å². The molecule has 0 aliphatic heterocycles. The van der Waals surface area contributed by atoms with Crippen LogP contribution in [0.25, 0.3) is 17.3 Å². The van der Waals surface area contributed by atoms with Crippen LogP contribution in [0, 0.1) is 5.82 Å². The van der Waals surface area contributed by atoms with Gasteiger partial charge in [-0.25, -0.2) is 14.4 Å². The van der Waals surface area contributed by atoms with Crippen molar-refractivity contribution in [2.75, 3.05) is 5.32 Å². The van der Waals surface area contributed by atoms with Crippen molar-refractivity contribution in [3.8, 4) is 11.3 Å². The zero-order valence-electron chi connectivity index (χ0n) is 16.4. The standard InChI is InChI=1S/C23H18FN5O2/c24-19-7-4-17(5-8-19)23-18(13-25-14-26-23)6-11-21(30)28-20-9-1-16(2-10-20)3-12-22-29-27-15-31-22/h1-2,4-11,13-15H,3,12H2,(H,28,30). The molecule has 0 atom stereocenters. The van der Waals surface area contributed by atoms with E-state index in [1.165, 1.54) is 30.9 Å². The van der Waals surface area contributed by atoms with Gasteiger partial charge in [-0.05, 0) is 54.5 Å². The predicted molar refractivity (Wildman–Crippen MR) is 113 cm³/mol. The monoisotopic (exact) mass is 415 g/mol. The third kappa shape index (κ3) is 5.45. The second kappa shape index (κ2) is 9.53. The topological polar surface area (TPSA) is 93.8 Å². The molecule has 0 fully saturated rings. The summed E-state index contributed by atoms with van der Waals surface area (Å²) in [4.78, 5) is 20.6. The Morgan fingerprint density at radius 1 is 1.06 bits per heavy atom. The molecular weight excluding hydrogens is 397 g/mol. The van der Waals surface area contributed by atoms with Crippen LogP contribution in [0.15, 0.2) is 77.9 Å². The van der Waals surface area contributed by atoms with Crippen LogP contribution >= 0.6 is 0 Å². The van der Waals surface area contributed by atoms with Gasteiger partial charge in [0.05, 0.1) is 5.69 Å². The number of rotatable bonds is 7. The van der Waals surface area contributed by atoms with E-state index >= 15 is 0 Å². The molecule has 2 aromatic carbocycles. The number of anilines is 1. The van der Waals surface area contributed by atoms with Crippen LogP contribution in [-0.4, -0.2) is 26.1 Å². The molecule has 2 aromatic heterocycles. The Morgan fingerprint density at radius 3 is 2.61 bits per heavy atom. The van der Waals surface area contributed by atoms with Gasteiger partial charge in [-0.2, -0.15) is 0 Å². The lowest BCUT2D eigenvalue weighted by molar-refractivity contribution is -0.111. The van der Waals surface area contributed by atoms with Crippen molar-refractivity contribution in [2.45, 2.75) is 12.8 Å². The SMILES string of the molecule is O=C(C=Cc1cncnc1-c1ccc(F)cc1)Nc1ccc(CCc2nnco2)cc1. The minimum absolute atomic E-state index is 0.285. The molecule has 2 heterocycles. The van der Waals surface area contributed by atoms with Crippen molar-refractivity contribution in [3.63, 3.8) is 0 Å². The van der Waals surface area contributed by atoms with E-state index in [9.17, 15) is 9.18 Å². The minimum Gasteiger partial charge on any atom is -0.428 e. The number of hydrogen-bond donors (Lipinski definition) is 1. The first-order chi connectivity index (χ1) is 15.2. The molecule has 7 nitrogen and oxygen atoms in total. The molecule has 0 radical (unpaired) electrons. The summed E-state index contributed by atoms with van der Waals surface area (Å²) >= 11 is 0. The highest BCUT2D eigenvalue weighted by atomic mass is 19.1. The number of halogens is 1. The fraction of sp³-hybridized carbons (Fsp3) is 0.0870. The highest BCUT2D eigenvalue weighted by Gasteiger charge is 2.06. The molecule has 4 aromatic rings. The Balaban J connectivity index is 1.38. The third-order valence-corrected chi connectivity index (χ3v) is 4.53. The average molecular weight is 415 g/mol. The Morgan fingerprint density at radius 2 is 1.87 bits per heavy atom. The lowest BCUT2D eigenvalue weighted by Crippen LogP contribution is -2.07. The number of aromatic nitrogens is 4. The largest absolute Gasteiger partial charge is 0.428 e. The van der Waals surface area contributed by atoms with Crippen LogP contribution in [-0.2, 0) is 17.6 Å². The molecule has 0 bridgehead atoms. The molecule has 0 aliphatic rings. The van der Waals surface area contributed by atoms with Crippen molar-refractivity contribution >= 4 is 17.7 Å². The van der Waals surface area contributed by atoms with Crippen molar-refractivity contribution in [1.82, 2.24) is 20.2 Å². The number of carbonyl (C=O) groups is 1. The van der Waals surface area contributed by atoms with Gasteiger partial charge >= 0.3 is 0 Å². The van der Waals surface area contributed by atoms with Crippen LogP contribution in [0.2, 0.25) is 0 Å². The van der Waals surface area contributed by atoms with E-state index in [1.54, 1.807) is 24.4 Å². The van der Waals surface area contributed by atoms with Crippen molar-refractivity contribution in [3.05, 3.63) is 96.4 Å². The van der Waals surface area contributed by atoms with Crippen LogP contribution in [0.1, 0.15) is 17.0 Å². The van der Waals surface area contributed by atoms with E-state index in [1.807, 2.05) is 24.3 Å². The molecule has 1 amide bonds. The van der Waals surface area contributed by atoms with E-state index in [2.05, 4.69) is 25.5 Å². The molecule has 8 heteroatoms. The first-order valence-corrected chi connectivity index (χ1v) is 9.56. The smallest absolute Gasteiger partial charge is 0.248 e. The summed E-state index contributed by atoms with van der Waals surface area (Å²) < 4.78 is 18.3. The fourth-order valence-corrected chi connectivity index (χ4v) is 2.97. The van der Waals surface area contributed by atoms with Crippen LogP contribution < -0.4 is 5.32 Å². The van der Waals surface area contributed by atoms with Gasteiger partial charge in [-0.15, -0.1) is 10.2 Å². The molecule has 154 valence electrons. The number of amides is 1. The van der Waals surface area contributed by atoms with Gasteiger partial charge in [0.15, 0.2) is 0 Å². The molecule has 0 spiro atoms. The number of hydrogen-bond acceptors (Lipinski definition) is 6. The maximum Gasteiger partial charge on any atom is 0.248 e. The Kier molecular flexibility index (Phi) is 6.18. The van der Waals surface area contributed by atoms with Crippen molar-refractivity contribution in [2.24, 2.45) is 0 Å². The van der Waals surface area contributed by atoms with Gasteiger partial charge in [0.1, 0.15) is 12.1 Å². The average Bonchev–Trinajstić information content (AvgIpc) is 3.32. The summed E-state index contributed by atoms with van der Waals surface area (Å²) in [5.41, 5.74) is 3.78. The molecule has 0 aliphatic carbocycles. The van der Waals surface area contributed by atoms with Gasteiger partial charge < -0.3 is 9.73 Å². The van der Waals surface area contributed by atoms with E-state index in [0.717, 1.165) is 17.5 Å². The molecular formula is C23H18FN5O2. The Hall–Kier alpha value is -4.20. The second-order valence-electron chi connectivity index (χ2n) is 6.69. The van der Waals surface area contributed by atoms with E-state index in [4.69, 9.17) is 4.42 Å². The fourth-order valence-electron chi connectivity index (χ4n) is 2.97. The van der Waals surface area contributed by atoms with Crippen molar-refractivity contribution in [1.29, 1.82) is 0 Å². The summed E-state index contributed by atoms with van der Waals surface area (Å²) in [6.07, 6.45) is 8.79. The van der Waals surface area contributed by atoms with Gasteiger partial charge in [0.2, 0.25) is 18.2 Å². The highest BCUT2D eigenvalue weighted by Crippen LogP contribution is 2.22. The van der Waals surface area contributed by atoms with Crippen LogP contribution in [0.5, 0.6) is 0 Å². The number of nitrogens with one attached hydrogen (secondary N) is 1. The lowest BCUT2D eigenvalue weighted by Gasteiger charge is -2.06. The first-order valence-electron chi connectivity index (χ1n) is 9.56. The molecule has 31 heavy (non-hydrogen) atoms. The molecule has 0 unspecified atom stereocenters. The maximum atomic E-state index is 13.2. The predicted octanol–water partition coefficient (Wildman–Crippen LogP) is 4.10. The number of carbonyl (C=O) groups excluding carboxylic acids is 1. The van der Waals surface area contributed by atoms with E-state index in [0.29, 0.717) is 29.3 Å². The summed E-state index contributed by atoms with van der Waals surface area (Å²) in [6, 6.07) is 13.5. The molecule has 0 saturated heterocycles. The number of benzene rings is 2. The Bertz CT molecular complexity index is 1170. The maximum absolute atomic E-state index is 13.2. The number of nitrogens with zero attached hydrogens (tertiary/aromatic N) is 4. The van der Waals surface area contributed by atoms with Crippen LogP contribution in [0.4, 0.5) is 10.1 Å². The van der Waals surface area contributed by atoms with E-state index in [-0.39, 0.29) is 11.7 Å². The molecule has 0 saturated carbocycles. The minimum atomic E-state index is -0.324. The van der Waals surface area contributed by atoms with Gasteiger partial charge in [-0.1, -0.05) is 12.1 Å². The summed E-state index contributed by atoms with van der Waals surface area (Å²) in [5.74, 6) is -0.0186. The highest BCUT2D eigenvalue weighted by molar-refractivity contribution is 6.02. The summed E-state index contributed by atoms with van der Waals surface area (Å²) in [7, 11) is 0. The second-order valence-corrected chi connectivity index (χ2v) is 6.69. The zero-order valence-corrected chi connectivity index (χ0v) is 16.4. The Labute approximate surface area is 177 Å². The lowest BCUT2D eigenvalue weighted by atomic mass is 10.1. The van der Waals surface area contributed by atoms with Gasteiger partial charge in [-0.3, -0.25) is 4.79 Å². The third-order valence-electron chi connectivity index (χ3n) is 4.53. The van der Waals surface area contributed by atoms with Gasteiger partial charge in [0, 0.05) is 35.5 Å². The zero-order chi connectivity index (χ0) is 21.5. The summed E-state index contributed by atoms with van der Waals surface area (Å²) in [6.45, 7) is 0. The van der Waals surface area contributed by atoms with Gasteiger partial charge in [0.25, 0.3) is 0 Å². The molecule has 1 N–H and O–H groups in total. The molecule has 4 rings (SSSR count). The normalized spacial score (nSPS) is 11.0. The quantitative estimate of drug-likeness (QED) is 0.457. The first kappa shape index (κ1) is 20.1. The number of aryl methyl sites for hydroxylation is 2.